The van der Waals surface area contributed by atoms with Crippen molar-refractivity contribution in [3.8, 4) is 0 Å². The second kappa shape index (κ2) is 7.70. The Morgan fingerprint density at radius 3 is 2.52 bits per heavy atom. The third-order valence-corrected chi connectivity index (χ3v) is 4.25. The molecule has 1 heterocycles. The smallest absolute Gasteiger partial charge is 0.355 e. The Balaban J connectivity index is 2.42. The van der Waals surface area contributed by atoms with Gasteiger partial charge in [0.05, 0.1) is 17.2 Å². The van der Waals surface area contributed by atoms with Crippen molar-refractivity contribution in [2.24, 2.45) is 0 Å². The number of anilines is 1. The maximum absolute atomic E-state index is 13.3. The molecule has 2 rings (SSSR count). The van der Waals surface area contributed by atoms with Gasteiger partial charge < -0.3 is 14.6 Å². The molecule has 0 aliphatic rings. The summed E-state index contributed by atoms with van der Waals surface area (Å²) < 4.78 is 20.1. The molecule has 0 atom stereocenters. The Bertz CT molecular complexity index is 830. The standard InChI is InChI=1S/C18H20ClFN2O3/c1-5-22-11(4)15(10(3)16(22)18(24)25-6-2)17(23)21-12-7-8-14(20)13(19)9-12/h7-9H,5-6H2,1-4H3,(H,21,23). The highest BCUT2D eigenvalue weighted by Gasteiger charge is 2.26. The van der Waals surface area contributed by atoms with Gasteiger partial charge in [0.1, 0.15) is 11.5 Å². The van der Waals surface area contributed by atoms with Crippen molar-refractivity contribution in [2.75, 3.05) is 11.9 Å². The van der Waals surface area contributed by atoms with E-state index in [9.17, 15) is 14.0 Å². The fraction of sp³-hybridized carbons (Fsp3) is 0.333. The lowest BCUT2D eigenvalue weighted by Gasteiger charge is -2.08. The summed E-state index contributed by atoms with van der Waals surface area (Å²) in [4.78, 5) is 24.9. The number of nitrogens with zero attached hydrogens (tertiary/aromatic N) is 1. The van der Waals surface area contributed by atoms with Crippen LogP contribution in [0.2, 0.25) is 5.02 Å². The van der Waals surface area contributed by atoms with Gasteiger partial charge in [0.15, 0.2) is 0 Å². The first kappa shape index (κ1) is 19.0. The fourth-order valence-electron chi connectivity index (χ4n) is 2.85. The lowest BCUT2D eigenvalue weighted by Crippen LogP contribution is -2.14. The van der Waals surface area contributed by atoms with E-state index in [1.807, 2.05) is 6.92 Å². The Kier molecular flexibility index (Phi) is 5.85. The van der Waals surface area contributed by atoms with Gasteiger partial charge in [-0.05, 0) is 51.5 Å². The van der Waals surface area contributed by atoms with E-state index in [1.165, 1.54) is 18.2 Å². The molecule has 0 radical (unpaired) electrons. The Morgan fingerprint density at radius 2 is 1.96 bits per heavy atom. The molecular formula is C18H20ClFN2O3. The molecule has 5 nitrogen and oxygen atoms in total. The molecule has 0 aliphatic carbocycles. The minimum absolute atomic E-state index is 0.0791. The maximum atomic E-state index is 13.3. The van der Waals surface area contributed by atoms with Crippen LogP contribution in [0.3, 0.4) is 0 Å². The van der Waals surface area contributed by atoms with Gasteiger partial charge in [0.2, 0.25) is 0 Å². The summed E-state index contributed by atoms with van der Waals surface area (Å²) in [5.74, 6) is -1.42. The summed E-state index contributed by atoms with van der Waals surface area (Å²) in [6.45, 7) is 7.86. The van der Waals surface area contributed by atoms with Crippen LogP contribution in [-0.2, 0) is 11.3 Å². The van der Waals surface area contributed by atoms with Crippen molar-refractivity contribution in [2.45, 2.75) is 34.2 Å². The van der Waals surface area contributed by atoms with Crippen molar-refractivity contribution in [1.82, 2.24) is 4.57 Å². The number of halogens is 2. The SMILES string of the molecule is CCOC(=O)c1c(C)c(C(=O)Nc2ccc(F)c(Cl)c2)c(C)n1CC. The molecule has 1 aromatic heterocycles. The van der Waals surface area contributed by atoms with Crippen molar-refractivity contribution >= 4 is 29.2 Å². The van der Waals surface area contributed by atoms with Crippen LogP contribution in [0.15, 0.2) is 18.2 Å². The van der Waals surface area contributed by atoms with Gasteiger partial charge in [-0.1, -0.05) is 11.6 Å². The summed E-state index contributed by atoms with van der Waals surface area (Å²) in [6, 6.07) is 3.94. The van der Waals surface area contributed by atoms with Crippen LogP contribution in [0, 0.1) is 19.7 Å². The summed E-state index contributed by atoms with van der Waals surface area (Å²) >= 11 is 5.74. The van der Waals surface area contributed by atoms with E-state index in [0.717, 1.165) is 0 Å². The molecule has 1 N–H and O–H groups in total. The molecule has 1 aromatic carbocycles. The predicted octanol–water partition coefficient (Wildman–Crippen LogP) is 4.35. The first-order valence-electron chi connectivity index (χ1n) is 7.94. The number of hydrogen-bond donors (Lipinski definition) is 1. The Morgan fingerprint density at radius 1 is 1.28 bits per heavy atom. The predicted molar refractivity (Wildman–Crippen MR) is 94.9 cm³/mol. The third-order valence-electron chi connectivity index (χ3n) is 3.96. The molecule has 0 spiro atoms. The molecule has 7 heteroatoms. The Labute approximate surface area is 150 Å². The van der Waals surface area contributed by atoms with Gasteiger partial charge in [-0.3, -0.25) is 4.79 Å². The number of nitrogens with one attached hydrogen (secondary N) is 1. The van der Waals surface area contributed by atoms with E-state index in [0.29, 0.717) is 34.7 Å². The number of aromatic nitrogens is 1. The molecular weight excluding hydrogens is 347 g/mol. The molecule has 0 saturated heterocycles. The molecule has 2 aromatic rings. The van der Waals surface area contributed by atoms with E-state index in [2.05, 4.69) is 5.32 Å². The summed E-state index contributed by atoms with van der Waals surface area (Å²) in [7, 11) is 0. The topological polar surface area (TPSA) is 60.3 Å². The van der Waals surface area contributed by atoms with E-state index in [1.54, 1.807) is 25.3 Å². The van der Waals surface area contributed by atoms with E-state index in [-0.39, 0.29) is 11.6 Å². The largest absolute Gasteiger partial charge is 0.461 e. The first-order valence-corrected chi connectivity index (χ1v) is 8.32. The van der Waals surface area contributed by atoms with Gasteiger partial charge >= 0.3 is 5.97 Å². The number of amides is 1. The minimum atomic E-state index is -0.561. The van der Waals surface area contributed by atoms with Crippen LogP contribution in [0.1, 0.15) is 46.0 Å². The fourth-order valence-corrected chi connectivity index (χ4v) is 3.04. The molecule has 0 fully saturated rings. The van der Waals surface area contributed by atoms with Crippen molar-refractivity contribution in [1.29, 1.82) is 0 Å². The number of rotatable bonds is 5. The summed E-state index contributed by atoms with van der Waals surface area (Å²) in [5.41, 5.74) is 2.34. The minimum Gasteiger partial charge on any atom is -0.461 e. The average Bonchev–Trinajstić information content (AvgIpc) is 2.81. The van der Waals surface area contributed by atoms with Gasteiger partial charge in [0.25, 0.3) is 5.91 Å². The van der Waals surface area contributed by atoms with Crippen LogP contribution < -0.4 is 5.32 Å². The summed E-state index contributed by atoms with van der Waals surface area (Å²) in [5, 5.41) is 2.61. The lowest BCUT2D eigenvalue weighted by atomic mass is 10.1. The highest BCUT2D eigenvalue weighted by atomic mass is 35.5. The summed E-state index contributed by atoms with van der Waals surface area (Å²) in [6.07, 6.45) is 0. The number of carbonyl (C=O) groups is 2. The molecule has 0 unspecified atom stereocenters. The molecule has 0 bridgehead atoms. The van der Waals surface area contributed by atoms with Crippen LogP contribution in [0.4, 0.5) is 10.1 Å². The lowest BCUT2D eigenvalue weighted by molar-refractivity contribution is 0.0512. The van der Waals surface area contributed by atoms with Gasteiger partial charge in [-0.25, -0.2) is 9.18 Å². The van der Waals surface area contributed by atoms with Crippen LogP contribution in [-0.4, -0.2) is 23.1 Å². The zero-order valence-corrected chi connectivity index (χ0v) is 15.3. The number of benzene rings is 1. The van der Waals surface area contributed by atoms with Gasteiger partial charge in [-0.15, -0.1) is 0 Å². The van der Waals surface area contributed by atoms with E-state index >= 15 is 0 Å². The van der Waals surface area contributed by atoms with E-state index < -0.39 is 17.7 Å². The molecule has 25 heavy (non-hydrogen) atoms. The zero-order chi connectivity index (χ0) is 18.7. The highest BCUT2D eigenvalue weighted by molar-refractivity contribution is 6.31. The van der Waals surface area contributed by atoms with Crippen LogP contribution in [0.5, 0.6) is 0 Å². The second-order valence-electron chi connectivity index (χ2n) is 5.48. The van der Waals surface area contributed by atoms with Crippen molar-refractivity contribution in [3.05, 3.63) is 51.6 Å². The molecule has 0 saturated carbocycles. The van der Waals surface area contributed by atoms with Gasteiger partial charge in [0, 0.05) is 17.9 Å². The number of ether oxygens (including phenoxy) is 1. The number of hydrogen-bond acceptors (Lipinski definition) is 3. The average molecular weight is 367 g/mol. The first-order chi connectivity index (χ1) is 11.8. The monoisotopic (exact) mass is 366 g/mol. The Hall–Kier alpha value is -2.34. The number of esters is 1. The normalized spacial score (nSPS) is 10.6. The highest BCUT2D eigenvalue weighted by Crippen LogP contribution is 2.25. The van der Waals surface area contributed by atoms with Crippen LogP contribution in [0.25, 0.3) is 0 Å². The van der Waals surface area contributed by atoms with Gasteiger partial charge in [-0.2, -0.15) is 0 Å². The molecule has 1 amide bonds. The quantitative estimate of drug-likeness (QED) is 0.800. The number of carbonyl (C=O) groups excluding carboxylic acids is 2. The maximum Gasteiger partial charge on any atom is 0.355 e. The zero-order valence-electron chi connectivity index (χ0n) is 14.6. The molecule has 0 aliphatic heterocycles. The van der Waals surface area contributed by atoms with Crippen molar-refractivity contribution in [3.63, 3.8) is 0 Å². The third kappa shape index (κ3) is 3.69. The van der Waals surface area contributed by atoms with Crippen molar-refractivity contribution < 1.29 is 18.7 Å². The van der Waals surface area contributed by atoms with Crippen LogP contribution >= 0.6 is 11.6 Å². The van der Waals surface area contributed by atoms with E-state index in [4.69, 9.17) is 16.3 Å². The second-order valence-corrected chi connectivity index (χ2v) is 5.89. The molecule has 134 valence electrons.